The van der Waals surface area contributed by atoms with E-state index in [1.165, 1.54) is 5.56 Å². The van der Waals surface area contributed by atoms with Crippen LogP contribution in [0.5, 0.6) is 5.75 Å². The van der Waals surface area contributed by atoms with Gasteiger partial charge in [-0.3, -0.25) is 0 Å². The van der Waals surface area contributed by atoms with Gasteiger partial charge in [0.2, 0.25) is 0 Å². The molecule has 1 fully saturated rings. The minimum Gasteiger partial charge on any atom is -0.497 e. The van der Waals surface area contributed by atoms with Crippen molar-refractivity contribution in [2.45, 2.75) is 12.1 Å². The van der Waals surface area contributed by atoms with E-state index in [0.29, 0.717) is 0 Å². The van der Waals surface area contributed by atoms with Crippen LogP contribution in [0.2, 0.25) is 0 Å². The number of ether oxygens (including phenoxy) is 2. The maximum Gasteiger partial charge on any atom is 0.118 e. The average Bonchev–Trinajstić information content (AvgIpc) is 2.42. The Hall–Kier alpha value is -0.710. The van der Waals surface area contributed by atoms with E-state index >= 15 is 0 Å². The Morgan fingerprint density at radius 3 is 2.71 bits per heavy atom. The molecule has 17 heavy (non-hydrogen) atoms. The molecule has 1 aliphatic heterocycles. The normalized spacial score (nSPS) is 22.1. The molecule has 0 aromatic heterocycles. The second-order valence-electron chi connectivity index (χ2n) is 4.02. The van der Waals surface area contributed by atoms with Crippen LogP contribution in [0.4, 0.5) is 0 Å². The lowest BCUT2D eigenvalue weighted by molar-refractivity contribution is 0.0488. The molecule has 0 saturated carbocycles. The minimum absolute atomic E-state index is 0.257. The third-order valence-electron chi connectivity index (χ3n) is 3.00. The Bertz CT molecular complexity index is 336. The summed E-state index contributed by atoms with van der Waals surface area (Å²) in [4.78, 5) is 0. The number of likely N-dealkylation sites (N-methyl/N-ethyl adjacent to an activating group) is 1. The third-order valence-corrected chi connectivity index (χ3v) is 4.02. The zero-order valence-corrected chi connectivity index (χ0v) is 11.1. The maximum atomic E-state index is 5.83. The zero-order valence-electron chi connectivity index (χ0n) is 10.3. The molecule has 3 nitrogen and oxygen atoms in total. The SMILES string of the molecule is CNC(c1ccc(OC)cc1)C1CSCCO1. The molecule has 1 saturated heterocycles. The van der Waals surface area contributed by atoms with Crippen molar-refractivity contribution >= 4 is 11.8 Å². The van der Waals surface area contributed by atoms with Crippen molar-refractivity contribution in [3.05, 3.63) is 29.8 Å². The maximum absolute atomic E-state index is 5.83. The summed E-state index contributed by atoms with van der Waals surface area (Å²) < 4.78 is 11.0. The second kappa shape index (κ2) is 6.28. The Balaban J connectivity index is 2.10. The third kappa shape index (κ3) is 3.15. The topological polar surface area (TPSA) is 30.5 Å². The smallest absolute Gasteiger partial charge is 0.118 e. The molecule has 2 rings (SSSR count). The molecule has 1 aromatic rings. The standard InChI is InChI=1S/C13H19NO2S/c1-14-13(12-9-17-8-7-16-12)10-3-5-11(15-2)6-4-10/h3-6,12-14H,7-9H2,1-2H3. The molecule has 0 radical (unpaired) electrons. The predicted molar refractivity (Wildman–Crippen MR) is 71.9 cm³/mol. The van der Waals surface area contributed by atoms with Gasteiger partial charge in [-0.25, -0.2) is 0 Å². The zero-order chi connectivity index (χ0) is 12.1. The number of methoxy groups -OCH3 is 1. The van der Waals surface area contributed by atoms with E-state index in [4.69, 9.17) is 9.47 Å². The van der Waals surface area contributed by atoms with Crippen molar-refractivity contribution in [2.24, 2.45) is 0 Å². The molecule has 94 valence electrons. The quantitative estimate of drug-likeness (QED) is 0.890. The van der Waals surface area contributed by atoms with Gasteiger partial charge in [-0.2, -0.15) is 11.8 Å². The van der Waals surface area contributed by atoms with Crippen LogP contribution in [-0.2, 0) is 4.74 Å². The van der Waals surface area contributed by atoms with E-state index < -0.39 is 0 Å². The number of rotatable bonds is 4. The lowest BCUT2D eigenvalue weighted by Crippen LogP contribution is -2.36. The van der Waals surface area contributed by atoms with E-state index in [1.807, 2.05) is 30.9 Å². The first kappa shape index (κ1) is 12.7. The van der Waals surface area contributed by atoms with Crippen LogP contribution in [0, 0.1) is 0 Å². The highest BCUT2D eigenvalue weighted by molar-refractivity contribution is 7.99. The molecule has 1 aromatic carbocycles. The summed E-state index contributed by atoms with van der Waals surface area (Å²) >= 11 is 1.96. The van der Waals surface area contributed by atoms with Gasteiger partial charge in [0.1, 0.15) is 5.75 Å². The fourth-order valence-corrected chi connectivity index (χ4v) is 2.98. The van der Waals surface area contributed by atoms with Gasteiger partial charge in [-0.1, -0.05) is 12.1 Å². The fourth-order valence-electron chi connectivity index (χ4n) is 2.08. The van der Waals surface area contributed by atoms with Gasteiger partial charge in [0.25, 0.3) is 0 Å². The van der Waals surface area contributed by atoms with Gasteiger partial charge in [0, 0.05) is 11.5 Å². The van der Waals surface area contributed by atoms with Crippen LogP contribution in [0.3, 0.4) is 0 Å². The van der Waals surface area contributed by atoms with Crippen LogP contribution >= 0.6 is 11.8 Å². The van der Waals surface area contributed by atoms with Crippen molar-refractivity contribution in [1.29, 1.82) is 0 Å². The van der Waals surface area contributed by atoms with Crippen LogP contribution in [-0.4, -0.2) is 38.4 Å². The molecule has 0 bridgehead atoms. The van der Waals surface area contributed by atoms with Gasteiger partial charge in [-0.05, 0) is 24.7 Å². The first-order chi connectivity index (χ1) is 8.35. The summed E-state index contributed by atoms with van der Waals surface area (Å²) in [7, 11) is 3.67. The summed E-state index contributed by atoms with van der Waals surface area (Å²) in [5.41, 5.74) is 1.25. The molecular weight excluding hydrogens is 234 g/mol. The lowest BCUT2D eigenvalue weighted by atomic mass is 10.0. The van der Waals surface area contributed by atoms with Crippen LogP contribution in [0.25, 0.3) is 0 Å². The lowest BCUT2D eigenvalue weighted by Gasteiger charge is -2.30. The fraction of sp³-hybridized carbons (Fsp3) is 0.538. The Labute approximate surface area is 107 Å². The molecule has 1 N–H and O–H groups in total. The van der Waals surface area contributed by atoms with Gasteiger partial charge >= 0.3 is 0 Å². The first-order valence-corrected chi connectivity index (χ1v) is 7.01. The molecule has 1 aliphatic rings. The average molecular weight is 253 g/mol. The number of thioether (sulfide) groups is 1. The number of nitrogens with one attached hydrogen (secondary N) is 1. The van der Waals surface area contributed by atoms with Crippen LogP contribution < -0.4 is 10.1 Å². The second-order valence-corrected chi connectivity index (χ2v) is 5.17. The molecule has 2 atom stereocenters. The highest BCUT2D eigenvalue weighted by atomic mass is 32.2. The van der Waals surface area contributed by atoms with Gasteiger partial charge in [0.05, 0.1) is 25.9 Å². The van der Waals surface area contributed by atoms with Crippen molar-refractivity contribution < 1.29 is 9.47 Å². The molecule has 1 heterocycles. The van der Waals surface area contributed by atoms with E-state index in [-0.39, 0.29) is 12.1 Å². The summed E-state index contributed by atoms with van der Waals surface area (Å²) in [5.74, 6) is 3.05. The summed E-state index contributed by atoms with van der Waals surface area (Å²) in [6.07, 6.45) is 0.257. The van der Waals surface area contributed by atoms with Crippen LogP contribution in [0.1, 0.15) is 11.6 Å². The van der Waals surface area contributed by atoms with E-state index in [2.05, 4.69) is 17.4 Å². The summed E-state index contributed by atoms with van der Waals surface area (Å²) in [5, 5.41) is 3.35. The summed E-state index contributed by atoms with van der Waals surface area (Å²) in [6.45, 7) is 0.851. The predicted octanol–water partition coefficient (Wildman–Crippen LogP) is 2.09. The van der Waals surface area contributed by atoms with Gasteiger partial charge in [0.15, 0.2) is 0 Å². The van der Waals surface area contributed by atoms with E-state index in [9.17, 15) is 0 Å². The van der Waals surface area contributed by atoms with Crippen molar-refractivity contribution in [3.8, 4) is 5.75 Å². The van der Waals surface area contributed by atoms with Crippen molar-refractivity contribution in [2.75, 3.05) is 32.3 Å². The van der Waals surface area contributed by atoms with Crippen molar-refractivity contribution in [3.63, 3.8) is 0 Å². The van der Waals surface area contributed by atoms with E-state index in [0.717, 1.165) is 23.9 Å². The van der Waals surface area contributed by atoms with Crippen molar-refractivity contribution in [1.82, 2.24) is 5.32 Å². The van der Waals surface area contributed by atoms with Gasteiger partial charge < -0.3 is 14.8 Å². The molecule has 0 spiro atoms. The molecule has 2 unspecified atom stereocenters. The molecular formula is C13H19NO2S. The Morgan fingerprint density at radius 2 is 2.18 bits per heavy atom. The molecule has 4 heteroatoms. The highest BCUT2D eigenvalue weighted by Gasteiger charge is 2.24. The van der Waals surface area contributed by atoms with Gasteiger partial charge in [-0.15, -0.1) is 0 Å². The molecule has 0 amide bonds. The number of hydrogen-bond acceptors (Lipinski definition) is 4. The molecule has 0 aliphatic carbocycles. The Kier molecular flexibility index (Phi) is 4.71. The number of benzene rings is 1. The largest absolute Gasteiger partial charge is 0.497 e. The first-order valence-electron chi connectivity index (χ1n) is 5.85. The van der Waals surface area contributed by atoms with E-state index in [1.54, 1.807) is 7.11 Å². The Morgan fingerprint density at radius 1 is 1.41 bits per heavy atom. The highest BCUT2D eigenvalue weighted by Crippen LogP contribution is 2.26. The number of hydrogen-bond donors (Lipinski definition) is 1. The minimum atomic E-state index is 0.257. The summed E-state index contributed by atoms with van der Waals surface area (Å²) in [6, 6.07) is 8.45. The monoisotopic (exact) mass is 253 g/mol. The van der Waals surface area contributed by atoms with Crippen LogP contribution in [0.15, 0.2) is 24.3 Å².